The van der Waals surface area contributed by atoms with Gasteiger partial charge in [0.2, 0.25) is 0 Å². The zero-order chi connectivity index (χ0) is 12.3. The van der Waals surface area contributed by atoms with Crippen molar-refractivity contribution in [2.24, 2.45) is 0 Å². The van der Waals surface area contributed by atoms with Gasteiger partial charge in [0.05, 0.1) is 6.10 Å². The highest BCUT2D eigenvalue weighted by Gasteiger charge is 2.28. The van der Waals surface area contributed by atoms with Gasteiger partial charge in [-0.1, -0.05) is 0 Å². The fourth-order valence-electron chi connectivity index (χ4n) is 1.74. The van der Waals surface area contributed by atoms with Crippen molar-refractivity contribution in [2.75, 3.05) is 0 Å². The molecule has 2 N–H and O–H groups in total. The molecule has 94 valence electrons. The third kappa shape index (κ3) is 4.61. The molecule has 0 bridgehead atoms. The van der Waals surface area contributed by atoms with E-state index in [1.54, 1.807) is 0 Å². The highest BCUT2D eigenvalue weighted by molar-refractivity contribution is 7.81. The Kier molecular flexibility index (Phi) is 4.50. The van der Waals surface area contributed by atoms with Crippen LogP contribution in [0.2, 0.25) is 0 Å². The summed E-state index contributed by atoms with van der Waals surface area (Å²) in [7, 11) is 0. The van der Waals surface area contributed by atoms with Crippen molar-refractivity contribution in [1.82, 2.24) is 5.32 Å². The number of nitrogens with one attached hydrogen (secondary N) is 1. The van der Waals surface area contributed by atoms with Crippen LogP contribution in [0.25, 0.3) is 0 Å². The number of rotatable bonds is 1. The third-order valence-corrected chi connectivity index (χ3v) is 3.10. The average molecular weight is 247 g/mol. The Hall–Kier alpha value is -0.420. The lowest BCUT2D eigenvalue weighted by molar-refractivity contribution is 0.0456. The molecule has 0 saturated heterocycles. The van der Waals surface area contributed by atoms with Crippen LogP contribution >= 0.6 is 12.6 Å². The lowest BCUT2D eigenvalue weighted by Crippen LogP contribution is -2.45. The molecule has 1 fully saturated rings. The van der Waals surface area contributed by atoms with E-state index in [0.717, 1.165) is 12.8 Å². The highest BCUT2D eigenvalue weighted by atomic mass is 32.1. The van der Waals surface area contributed by atoms with Gasteiger partial charge < -0.3 is 15.2 Å². The second-order valence-corrected chi connectivity index (χ2v) is 5.95. The van der Waals surface area contributed by atoms with Gasteiger partial charge in [-0.2, -0.15) is 12.6 Å². The monoisotopic (exact) mass is 247 g/mol. The van der Waals surface area contributed by atoms with Gasteiger partial charge in [-0.3, -0.25) is 0 Å². The quantitative estimate of drug-likeness (QED) is 0.618. The predicted octanol–water partition coefficient (Wildman–Crippen LogP) is 1.72. The molecule has 4 nitrogen and oxygen atoms in total. The van der Waals surface area contributed by atoms with Crippen molar-refractivity contribution in [3.63, 3.8) is 0 Å². The molecular weight excluding hydrogens is 226 g/mol. The number of hydrogen-bond acceptors (Lipinski definition) is 4. The number of thiol groups is 1. The Morgan fingerprint density at radius 2 is 2.06 bits per heavy atom. The van der Waals surface area contributed by atoms with Crippen LogP contribution < -0.4 is 5.32 Å². The number of carbonyl (C=O) groups excluding carboxylic acids is 1. The molecule has 1 aliphatic rings. The minimum atomic E-state index is -0.483. The number of aliphatic hydroxyl groups is 1. The molecule has 0 radical (unpaired) electrons. The van der Waals surface area contributed by atoms with Crippen molar-refractivity contribution < 1.29 is 14.6 Å². The summed E-state index contributed by atoms with van der Waals surface area (Å²) in [6.45, 7) is 5.48. The molecule has 0 aromatic heterocycles. The van der Waals surface area contributed by atoms with Crippen LogP contribution in [0.15, 0.2) is 0 Å². The second kappa shape index (κ2) is 5.27. The van der Waals surface area contributed by atoms with Crippen LogP contribution in [0.5, 0.6) is 0 Å². The van der Waals surface area contributed by atoms with Gasteiger partial charge in [-0.15, -0.1) is 0 Å². The summed E-state index contributed by atoms with van der Waals surface area (Å²) in [5.41, 5.74) is -0.483. The molecule has 0 aromatic rings. The van der Waals surface area contributed by atoms with Crippen LogP contribution in [0.3, 0.4) is 0 Å². The van der Waals surface area contributed by atoms with Crippen LogP contribution in [-0.4, -0.2) is 34.2 Å². The number of hydrogen-bond donors (Lipinski definition) is 3. The molecular formula is C11H21NO3S. The Bertz CT molecular complexity index is 252. The van der Waals surface area contributed by atoms with E-state index < -0.39 is 17.8 Å². The molecule has 1 rings (SSSR count). The third-order valence-electron chi connectivity index (χ3n) is 2.50. The molecule has 16 heavy (non-hydrogen) atoms. The second-order valence-electron chi connectivity index (χ2n) is 5.29. The predicted molar refractivity (Wildman–Crippen MR) is 65.8 cm³/mol. The Morgan fingerprint density at radius 1 is 1.44 bits per heavy atom. The molecule has 1 saturated carbocycles. The number of aliphatic hydroxyl groups excluding tert-OH is 1. The molecule has 3 unspecified atom stereocenters. The molecule has 1 amide bonds. The lowest BCUT2D eigenvalue weighted by atomic mass is 9.92. The molecule has 0 heterocycles. The molecule has 0 aliphatic heterocycles. The normalized spacial score (nSPS) is 30.9. The van der Waals surface area contributed by atoms with Gasteiger partial charge in [0.1, 0.15) is 5.60 Å². The first-order chi connectivity index (χ1) is 7.28. The molecule has 0 aromatic carbocycles. The topological polar surface area (TPSA) is 58.6 Å². The largest absolute Gasteiger partial charge is 0.444 e. The van der Waals surface area contributed by atoms with Gasteiger partial charge in [0, 0.05) is 11.3 Å². The molecule has 5 heteroatoms. The van der Waals surface area contributed by atoms with E-state index in [1.165, 1.54) is 0 Å². The van der Waals surface area contributed by atoms with E-state index >= 15 is 0 Å². The van der Waals surface area contributed by atoms with E-state index in [-0.39, 0.29) is 11.3 Å². The van der Waals surface area contributed by atoms with Crippen molar-refractivity contribution in [1.29, 1.82) is 0 Å². The van der Waals surface area contributed by atoms with Crippen LogP contribution in [-0.2, 0) is 4.74 Å². The molecule has 1 aliphatic carbocycles. The fourth-order valence-corrected chi connectivity index (χ4v) is 2.01. The summed E-state index contributed by atoms with van der Waals surface area (Å²) in [6.07, 6.45) is 1.34. The van der Waals surface area contributed by atoms with E-state index in [4.69, 9.17) is 4.74 Å². The highest BCUT2D eigenvalue weighted by Crippen LogP contribution is 2.23. The molecule has 3 atom stereocenters. The van der Waals surface area contributed by atoms with Crippen molar-refractivity contribution in [3.05, 3.63) is 0 Å². The van der Waals surface area contributed by atoms with Crippen LogP contribution in [0.1, 0.15) is 40.0 Å². The maximum Gasteiger partial charge on any atom is 0.407 e. The smallest absolute Gasteiger partial charge is 0.407 e. The molecule has 0 spiro atoms. The van der Waals surface area contributed by atoms with Crippen LogP contribution in [0.4, 0.5) is 4.79 Å². The van der Waals surface area contributed by atoms with Crippen LogP contribution in [0, 0.1) is 0 Å². The fraction of sp³-hybridized carbons (Fsp3) is 0.909. The van der Waals surface area contributed by atoms with E-state index in [1.807, 2.05) is 20.8 Å². The lowest BCUT2D eigenvalue weighted by Gasteiger charge is -2.31. The standard InChI is InChI=1S/C11H21NO3S/c1-11(2,3)15-10(14)12-7-4-5-9(16)8(13)6-7/h7-9,13,16H,4-6H2,1-3H3,(H,12,14). The first-order valence-electron chi connectivity index (χ1n) is 5.63. The maximum atomic E-state index is 11.5. The van der Waals surface area contributed by atoms with Gasteiger partial charge in [-0.25, -0.2) is 4.79 Å². The van der Waals surface area contributed by atoms with Crippen molar-refractivity contribution >= 4 is 18.7 Å². The number of amides is 1. The summed E-state index contributed by atoms with van der Waals surface area (Å²) in [6, 6.07) is -0.00625. The van der Waals surface area contributed by atoms with Gasteiger partial charge in [0.25, 0.3) is 0 Å². The Morgan fingerprint density at radius 3 is 2.56 bits per heavy atom. The minimum absolute atomic E-state index is 0.00625. The average Bonchev–Trinajstić information content (AvgIpc) is 2.08. The first kappa shape index (κ1) is 13.6. The van der Waals surface area contributed by atoms with Gasteiger partial charge in [0.15, 0.2) is 0 Å². The SMILES string of the molecule is CC(C)(C)OC(=O)NC1CCC(S)C(O)C1. The number of ether oxygens (including phenoxy) is 1. The maximum absolute atomic E-state index is 11.5. The number of carbonyl (C=O) groups is 1. The van der Waals surface area contributed by atoms with Gasteiger partial charge >= 0.3 is 6.09 Å². The summed E-state index contributed by atoms with van der Waals surface area (Å²) in [5.74, 6) is 0. The van der Waals surface area contributed by atoms with Gasteiger partial charge in [-0.05, 0) is 40.0 Å². The van der Waals surface area contributed by atoms with Crippen molar-refractivity contribution in [2.45, 2.75) is 63.0 Å². The zero-order valence-corrected chi connectivity index (χ0v) is 11.0. The Labute approximate surface area is 102 Å². The zero-order valence-electron chi connectivity index (χ0n) is 10.1. The minimum Gasteiger partial charge on any atom is -0.444 e. The van der Waals surface area contributed by atoms with E-state index in [2.05, 4.69) is 17.9 Å². The first-order valence-corrected chi connectivity index (χ1v) is 6.15. The summed E-state index contributed by atoms with van der Waals surface area (Å²) >= 11 is 4.26. The van der Waals surface area contributed by atoms with E-state index in [0.29, 0.717) is 6.42 Å². The number of alkyl carbamates (subject to hydrolysis) is 1. The Balaban J connectivity index is 2.35. The van der Waals surface area contributed by atoms with E-state index in [9.17, 15) is 9.90 Å². The summed E-state index contributed by atoms with van der Waals surface area (Å²) in [4.78, 5) is 11.5. The summed E-state index contributed by atoms with van der Waals surface area (Å²) in [5, 5.41) is 12.4. The van der Waals surface area contributed by atoms with Crippen molar-refractivity contribution in [3.8, 4) is 0 Å². The summed E-state index contributed by atoms with van der Waals surface area (Å²) < 4.78 is 5.15.